The number of pyridine rings is 1. The van der Waals surface area contributed by atoms with Gasteiger partial charge in [-0.05, 0) is 63.1 Å². The van der Waals surface area contributed by atoms with Crippen molar-refractivity contribution in [3.63, 3.8) is 0 Å². The van der Waals surface area contributed by atoms with Crippen LogP contribution in [0.5, 0.6) is 11.5 Å². The third-order valence-corrected chi connectivity index (χ3v) is 5.92. The van der Waals surface area contributed by atoms with Crippen molar-refractivity contribution in [3.8, 4) is 22.8 Å². The number of allylic oxidation sites excluding steroid dienone is 1. The number of rotatable bonds is 8. The SMILES string of the molecule is Cc1cc(CC(=O)N/C(C=N)=C/NC(C)(C)C)ccc1Oc1ccnc2ccc(-c3nccn(C)c3=O)cc12. The van der Waals surface area contributed by atoms with Crippen molar-refractivity contribution >= 4 is 23.0 Å². The van der Waals surface area contributed by atoms with E-state index in [2.05, 4.69) is 20.6 Å². The van der Waals surface area contributed by atoms with Crippen LogP contribution < -0.4 is 20.9 Å². The second-order valence-electron chi connectivity index (χ2n) is 10.3. The molecule has 9 heteroatoms. The van der Waals surface area contributed by atoms with Gasteiger partial charge in [0.15, 0.2) is 0 Å². The Morgan fingerprint density at radius 3 is 2.59 bits per heavy atom. The number of nitrogens with zero attached hydrogens (tertiary/aromatic N) is 3. The number of hydrogen-bond donors (Lipinski definition) is 3. The lowest BCUT2D eigenvalue weighted by atomic mass is 10.1. The average molecular weight is 525 g/mol. The molecule has 0 fully saturated rings. The summed E-state index contributed by atoms with van der Waals surface area (Å²) in [4.78, 5) is 33.9. The van der Waals surface area contributed by atoms with E-state index in [1.165, 1.54) is 4.57 Å². The van der Waals surface area contributed by atoms with Crippen molar-refractivity contribution in [1.29, 1.82) is 5.41 Å². The third kappa shape index (κ3) is 6.75. The van der Waals surface area contributed by atoms with Crippen LogP contribution >= 0.6 is 0 Å². The molecule has 0 unspecified atom stereocenters. The quantitative estimate of drug-likeness (QED) is 0.289. The highest BCUT2D eigenvalue weighted by atomic mass is 16.5. The van der Waals surface area contributed by atoms with Crippen LogP contribution in [0.1, 0.15) is 31.9 Å². The van der Waals surface area contributed by atoms with Crippen molar-refractivity contribution in [2.45, 2.75) is 39.7 Å². The van der Waals surface area contributed by atoms with E-state index in [4.69, 9.17) is 10.1 Å². The van der Waals surface area contributed by atoms with Gasteiger partial charge in [0.2, 0.25) is 5.91 Å². The number of fused-ring (bicyclic) bond motifs is 1. The number of nitrogens with one attached hydrogen (secondary N) is 3. The van der Waals surface area contributed by atoms with Gasteiger partial charge in [0.05, 0.1) is 17.6 Å². The number of carbonyl (C=O) groups excluding carboxylic acids is 1. The molecule has 0 aliphatic carbocycles. The van der Waals surface area contributed by atoms with Gasteiger partial charge in [-0.1, -0.05) is 18.2 Å². The number of aryl methyl sites for hydroxylation is 2. The molecule has 4 rings (SSSR count). The van der Waals surface area contributed by atoms with E-state index in [1.807, 2.05) is 64.1 Å². The van der Waals surface area contributed by atoms with Crippen LogP contribution in [-0.4, -0.2) is 32.2 Å². The van der Waals surface area contributed by atoms with Gasteiger partial charge in [-0.15, -0.1) is 0 Å². The van der Waals surface area contributed by atoms with E-state index < -0.39 is 0 Å². The predicted molar refractivity (Wildman–Crippen MR) is 153 cm³/mol. The Morgan fingerprint density at radius 1 is 1.08 bits per heavy atom. The Hall–Kier alpha value is -4.79. The normalized spacial score (nSPS) is 11.8. The van der Waals surface area contributed by atoms with E-state index in [-0.39, 0.29) is 23.4 Å². The zero-order valence-corrected chi connectivity index (χ0v) is 22.7. The molecule has 9 nitrogen and oxygen atoms in total. The predicted octanol–water partition coefficient (Wildman–Crippen LogP) is 4.63. The molecule has 2 heterocycles. The fourth-order valence-corrected chi connectivity index (χ4v) is 3.91. The minimum atomic E-state index is -0.221. The first kappa shape index (κ1) is 27.3. The summed E-state index contributed by atoms with van der Waals surface area (Å²) >= 11 is 0. The summed E-state index contributed by atoms with van der Waals surface area (Å²) in [5, 5.41) is 14.2. The van der Waals surface area contributed by atoms with Crippen LogP contribution in [0.2, 0.25) is 0 Å². The summed E-state index contributed by atoms with van der Waals surface area (Å²) in [5.41, 5.74) is 3.46. The molecule has 200 valence electrons. The number of carbonyl (C=O) groups is 1. The van der Waals surface area contributed by atoms with Gasteiger partial charge in [-0.25, -0.2) is 4.98 Å². The summed E-state index contributed by atoms with van der Waals surface area (Å²) in [5.74, 6) is 1.01. The Kier molecular flexibility index (Phi) is 7.90. The number of amides is 1. The van der Waals surface area contributed by atoms with Crippen LogP contribution in [-0.2, 0) is 18.3 Å². The molecule has 0 spiro atoms. The fourth-order valence-electron chi connectivity index (χ4n) is 3.91. The highest BCUT2D eigenvalue weighted by Crippen LogP contribution is 2.33. The van der Waals surface area contributed by atoms with Crippen LogP contribution in [0.15, 0.2) is 77.7 Å². The molecule has 2 aromatic heterocycles. The topological polar surface area (TPSA) is 122 Å². The number of hydrogen-bond acceptors (Lipinski definition) is 7. The van der Waals surface area contributed by atoms with Gasteiger partial charge >= 0.3 is 0 Å². The summed E-state index contributed by atoms with van der Waals surface area (Å²) in [7, 11) is 1.69. The molecule has 4 aromatic rings. The van der Waals surface area contributed by atoms with Gasteiger partial charge in [0, 0.05) is 54.5 Å². The molecule has 0 saturated carbocycles. The highest BCUT2D eigenvalue weighted by molar-refractivity contribution is 5.89. The molecule has 0 bridgehead atoms. The van der Waals surface area contributed by atoms with E-state index >= 15 is 0 Å². The summed E-state index contributed by atoms with van der Waals surface area (Å²) in [6.45, 7) is 7.90. The third-order valence-electron chi connectivity index (χ3n) is 5.92. The Morgan fingerprint density at radius 2 is 1.87 bits per heavy atom. The van der Waals surface area contributed by atoms with Crippen molar-refractivity contribution in [3.05, 3.63) is 94.4 Å². The number of ether oxygens (including phenoxy) is 1. The molecule has 0 aliphatic rings. The van der Waals surface area contributed by atoms with E-state index in [0.29, 0.717) is 28.5 Å². The van der Waals surface area contributed by atoms with Crippen LogP contribution in [0.25, 0.3) is 22.2 Å². The highest BCUT2D eigenvalue weighted by Gasteiger charge is 2.13. The molecule has 1 amide bonds. The van der Waals surface area contributed by atoms with Gasteiger partial charge in [0.25, 0.3) is 5.56 Å². The lowest BCUT2D eigenvalue weighted by Crippen LogP contribution is -2.34. The average Bonchev–Trinajstić information content (AvgIpc) is 2.89. The molecule has 0 radical (unpaired) electrons. The number of aromatic nitrogens is 3. The van der Waals surface area contributed by atoms with Crippen LogP contribution in [0.4, 0.5) is 0 Å². The molecular weight excluding hydrogens is 492 g/mol. The van der Waals surface area contributed by atoms with E-state index in [9.17, 15) is 9.59 Å². The maximum absolute atomic E-state index is 12.6. The zero-order valence-electron chi connectivity index (χ0n) is 22.7. The maximum Gasteiger partial charge on any atom is 0.276 e. The van der Waals surface area contributed by atoms with Gasteiger partial charge in [0.1, 0.15) is 17.2 Å². The molecule has 0 saturated heterocycles. The van der Waals surface area contributed by atoms with Gasteiger partial charge in [-0.3, -0.25) is 14.6 Å². The summed E-state index contributed by atoms with van der Waals surface area (Å²) in [6.07, 6.45) is 7.78. The smallest absolute Gasteiger partial charge is 0.276 e. The summed E-state index contributed by atoms with van der Waals surface area (Å²) in [6, 6.07) is 12.9. The van der Waals surface area contributed by atoms with E-state index in [0.717, 1.165) is 28.2 Å². The van der Waals surface area contributed by atoms with Crippen LogP contribution in [0.3, 0.4) is 0 Å². The molecule has 0 atom stereocenters. The Balaban J connectivity index is 1.54. The lowest BCUT2D eigenvalue weighted by Gasteiger charge is -2.19. The largest absolute Gasteiger partial charge is 0.456 e. The maximum atomic E-state index is 12.6. The lowest BCUT2D eigenvalue weighted by molar-refractivity contribution is -0.119. The Labute approximate surface area is 227 Å². The van der Waals surface area contributed by atoms with Crippen molar-refractivity contribution in [2.24, 2.45) is 7.05 Å². The first-order valence-corrected chi connectivity index (χ1v) is 12.5. The first-order valence-electron chi connectivity index (χ1n) is 12.5. The minimum absolute atomic E-state index is 0.155. The van der Waals surface area contributed by atoms with Crippen molar-refractivity contribution in [1.82, 2.24) is 25.2 Å². The number of benzene rings is 2. The fraction of sp³-hybridized carbons (Fsp3) is 0.233. The van der Waals surface area contributed by atoms with E-state index in [1.54, 1.807) is 37.9 Å². The molecule has 3 N–H and O–H groups in total. The standard InChI is InChI=1S/C30H32N6O3/c1-19-14-20(15-27(37)35-22(17-31)18-34-30(2,3)4)6-9-25(19)39-26-10-11-32-24-8-7-21(16-23(24)26)28-29(38)36(5)13-12-33-28/h6-14,16-18,31,34H,15H2,1-5H3,(H,35,37)/b22-18+,31-17?. The van der Waals surface area contributed by atoms with Crippen LogP contribution in [0, 0.1) is 12.3 Å². The monoisotopic (exact) mass is 524 g/mol. The molecular formula is C30H32N6O3. The minimum Gasteiger partial charge on any atom is -0.456 e. The molecule has 0 aliphatic heterocycles. The van der Waals surface area contributed by atoms with Gasteiger partial charge < -0.3 is 25.3 Å². The Bertz CT molecular complexity index is 1630. The summed E-state index contributed by atoms with van der Waals surface area (Å²) < 4.78 is 7.77. The zero-order chi connectivity index (χ0) is 28.2. The molecule has 2 aromatic carbocycles. The second-order valence-corrected chi connectivity index (χ2v) is 10.3. The second kappa shape index (κ2) is 11.3. The van der Waals surface area contributed by atoms with Gasteiger partial charge in [-0.2, -0.15) is 0 Å². The molecule has 39 heavy (non-hydrogen) atoms. The van der Waals surface area contributed by atoms with Crippen molar-refractivity contribution < 1.29 is 9.53 Å². The first-order chi connectivity index (χ1) is 18.5. The van der Waals surface area contributed by atoms with Crippen molar-refractivity contribution in [2.75, 3.05) is 0 Å².